The predicted molar refractivity (Wildman–Crippen MR) is 132 cm³/mol. The molecule has 0 N–H and O–H groups in total. The van der Waals surface area contributed by atoms with Gasteiger partial charge in [0.2, 0.25) is 11.6 Å². The summed E-state index contributed by atoms with van der Waals surface area (Å²) in [6.45, 7) is 7.01. The summed E-state index contributed by atoms with van der Waals surface area (Å²) in [6.07, 6.45) is 16.0. The Kier molecular flexibility index (Phi) is 15.3. The maximum atomic E-state index is 13.4. The van der Waals surface area contributed by atoms with Crippen molar-refractivity contribution in [3.63, 3.8) is 0 Å². The molecule has 0 bridgehead atoms. The van der Waals surface area contributed by atoms with E-state index in [1.807, 2.05) is 0 Å². The van der Waals surface area contributed by atoms with Gasteiger partial charge in [0.25, 0.3) is 0 Å². The van der Waals surface area contributed by atoms with Gasteiger partial charge in [0.1, 0.15) is 0 Å². The Bertz CT molecular complexity index is 916. The van der Waals surface area contributed by atoms with Crippen LogP contribution in [0.25, 0.3) is 11.1 Å². The minimum atomic E-state index is -2.68. The highest BCUT2D eigenvalue weighted by atomic mass is 31.1. The number of hydrogen-bond donors (Lipinski definition) is 0. The van der Waals surface area contributed by atoms with Crippen molar-refractivity contribution in [2.45, 2.75) is 78.6 Å². The Hall–Kier alpha value is -1.83. The summed E-state index contributed by atoms with van der Waals surface area (Å²) >= 11 is 0. The summed E-state index contributed by atoms with van der Waals surface area (Å²) in [5.74, 6) is -25.7. The molecule has 2 atom stereocenters. The van der Waals surface area contributed by atoms with Crippen LogP contribution in [0.2, 0.25) is 0 Å². The van der Waals surface area contributed by atoms with Gasteiger partial charge in [-0.25, -0.2) is 43.9 Å². The van der Waals surface area contributed by atoms with E-state index in [0.29, 0.717) is 0 Å². The molecule has 216 valence electrons. The Morgan fingerprint density at radius 3 is 1.18 bits per heavy atom. The molecule has 2 unspecified atom stereocenters. The van der Waals surface area contributed by atoms with Crippen molar-refractivity contribution in [2.24, 2.45) is 5.92 Å². The first-order chi connectivity index (χ1) is 17.9. The molecule has 2 aromatic carbocycles. The lowest BCUT2D eigenvalue weighted by molar-refractivity contribution is 0.370. The maximum absolute atomic E-state index is 13.4. The molecule has 0 saturated carbocycles. The van der Waals surface area contributed by atoms with Crippen LogP contribution < -0.4 is 0 Å². The van der Waals surface area contributed by atoms with Crippen molar-refractivity contribution in [1.29, 1.82) is 0 Å². The number of rotatable bonds is 13. The average Bonchev–Trinajstić information content (AvgIpc) is 2.90. The summed E-state index contributed by atoms with van der Waals surface area (Å²) in [4.78, 5) is 0. The van der Waals surface area contributed by atoms with Gasteiger partial charge in [0.05, 0.1) is 11.1 Å². The standard InChI is InChI=1S/C15H33P.C12F10/c1-4-6-7-8-9-10-11-13-16-14-15(3)12-5-2;13-3-1(4(14)8(18)11(21)7(3)17)2-5(15)9(19)12(22)10(20)6(2)16/h15-16H,4-14H2,1-3H3;. The number of benzene rings is 2. The van der Waals surface area contributed by atoms with Crippen molar-refractivity contribution in [1.82, 2.24) is 0 Å². The fourth-order valence-electron chi connectivity index (χ4n) is 3.80. The molecule has 0 aromatic heterocycles. The highest BCUT2D eigenvalue weighted by Crippen LogP contribution is 2.37. The Morgan fingerprint density at radius 1 is 0.474 bits per heavy atom. The zero-order valence-corrected chi connectivity index (χ0v) is 22.6. The van der Waals surface area contributed by atoms with Gasteiger partial charge < -0.3 is 0 Å². The van der Waals surface area contributed by atoms with Crippen LogP contribution in [0, 0.1) is 64.1 Å². The minimum absolute atomic E-state index is 0.980. The lowest BCUT2D eigenvalue weighted by Crippen LogP contribution is -2.10. The smallest absolute Gasteiger partial charge is 0.200 e. The molecule has 0 nitrogen and oxygen atoms in total. The minimum Gasteiger partial charge on any atom is -0.203 e. The van der Waals surface area contributed by atoms with Crippen molar-refractivity contribution in [2.75, 3.05) is 12.3 Å². The second-order valence-corrected chi connectivity index (χ2v) is 10.5. The Balaban J connectivity index is 0.000000403. The summed E-state index contributed by atoms with van der Waals surface area (Å²) < 4.78 is 131. The topological polar surface area (TPSA) is 0 Å². The first kappa shape index (κ1) is 34.2. The van der Waals surface area contributed by atoms with E-state index in [1.54, 1.807) is 0 Å². The average molecular weight is 579 g/mol. The van der Waals surface area contributed by atoms with Crippen molar-refractivity contribution in [3.8, 4) is 11.1 Å². The van der Waals surface area contributed by atoms with E-state index >= 15 is 0 Å². The molecular weight excluding hydrogens is 545 g/mol. The van der Waals surface area contributed by atoms with Crippen molar-refractivity contribution < 1.29 is 43.9 Å². The van der Waals surface area contributed by atoms with Gasteiger partial charge in [0.15, 0.2) is 46.5 Å². The molecule has 0 amide bonds. The Morgan fingerprint density at radius 2 is 0.816 bits per heavy atom. The molecule has 0 fully saturated rings. The van der Waals surface area contributed by atoms with Crippen LogP contribution in [0.4, 0.5) is 43.9 Å². The number of unbranched alkanes of at least 4 members (excludes halogenated alkanes) is 6. The van der Waals surface area contributed by atoms with E-state index in [9.17, 15) is 43.9 Å². The summed E-state index contributed by atoms with van der Waals surface area (Å²) in [5, 5.41) is 0. The lowest BCUT2D eigenvalue weighted by Gasteiger charge is -2.11. The highest BCUT2D eigenvalue weighted by Gasteiger charge is 2.34. The normalized spacial score (nSPS) is 12.2. The van der Waals surface area contributed by atoms with Gasteiger partial charge in [0, 0.05) is 0 Å². The summed E-state index contributed by atoms with van der Waals surface area (Å²) in [7, 11) is 1.23. The van der Waals surface area contributed by atoms with Gasteiger partial charge in [-0.15, -0.1) is 8.58 Å². The van der Waals surface area contributed by atoms with E-state index in [-0.39, 0.29) is 0 Å². The molecule has 0 radical (unpaired) electrons. The second kappa shape index (κ2) is 17.0. The third-order valence-electron chi connectivity index (χ3n) is 5.90. The molecule has 11 heteroatoms. The van der Waals surface area contributed by atoms with Gasteiger partial charge in [-0.3, -0.25) is 0 Å². The zero-order valence-electron chi connectivity index (χ0n) is 21.6. The molecule has 2 aromatic rings. The van der Waals surface area contributed by atoms with Crippen LogP contribution >= 0.6 is 8.58 Å². The van der Waals surface area contributed by atoms with Crippen LogP contribution in [0.1, 0.15) is 78.6 Å². The molecule has 38 heavy (non-hydrogen) atoms. The van der Waals surface area contributed by atoms with Crippen LogP contribution in [-0.4, -0.2) is 12.3 Å². The van der Waals surface area contributed by atoms with Crippen molar-refractivity contribution in [3.05, 3.63) is 58.2 Å². The van der Waals surface area contributed by atoms with E-state index in [4.69, 9.17) is 0 Å². The zero-order chi connectivity index (χ0) is 29.0. The molecule has 0 saturated heterocycles. The molecule has 0 aliphatic rings. The number of halogens is 10. The van der Waals surface area contributed by atoms with Gasteiger partial charge in [-0.1, -0.05) is 72.1 Å². The van der Waals surface area contributed by atoms with Crippen molar-refractivity contribution >= 4 is 8.58 Å². The van der Waals surface area contributed by atoms with Crippen LogP contribution in [-0.2, 0) is 0 Å². The van der Waals surface area contributed by atoms with Gasteiger partial charge in [-0.2, -0.15) is 0 Å². The molecule has 0 aliphatic heterocycles. The van der Waals surface area contributed by atoms with E-state index in [1.165, 1.54) is 78.7 Å². The van der Waals surface area contributed by atoms with Gasteiger partial charge in [-0.05, 0) is 24.7 Å². The molecule has 0 aliphatic carbocycles. The molecule has 2 rings (SSSR count). The highest BCUT2D eigenvalue weighted by molar-refractivity contribution is 7.37. The second-order valence-electron chi connectivity index (χ2n) is 9.11. The van der Waals surface area contributed by atoms with Gasteiger partial charge >= 0.3 is 0 Å². The number of hydrogen-bond acceptors (Lipinski definition) is 0. The first-order valence-corrected chi connectivity index (χ1v) is 14.1. The summed E-state index contributed by atoms with van der Waals surface area (Å²) in [6, 6.07) is 0. The lowest BCUT2D eigenvalue weighted by atomic mass is 10.0. The summed E-state index contributed by atoms with van der Waals surface area (Å²) in [5.41, 5.74) is -4.52. The quantitative estimate of drug-likeness (QED) is 0.0729. The molecule has 0 heterocycles. The van der Waals surface area contributed by atoms with E-state index < -0.39 is 69.3 Å². The third-order valence-corrected chi connectivity index (χ3v) is 7.59. The fourth-order valence-corrected chi connectivity index (χ4v) is 5.20. The largest absolute Gasteiger partial charge is 0.203 e. The van der Waals surface area contributed by atoms with Crippen LogP contribution in [0.5, 0.6) is 0 Å². The fraction of sp³-hybridized carbons (Fsp3) is 0.556. The maximum Gasteiger partial charge on any atom is 0.200 e. The monoisotopic (exact) mass is 578 g/mol. The van der Waals surface area contributed by atoms with Crippen LogP contribution in [0.15, 0.2) is 0 Å². The molecular formula is C27H33F10P. The first-order valence-electron chi connectivity index (χ1n) is 12.7. The third kappa shape index (κ3) is 9.13. The van der Waals surface area contributed by atoms with E-state index in [2.05, 4.69) is 20.8 Å². The van der Waals surface area contributed by atoms with E-state index in [0.717, 1.165) is 5.92 Å². The Labute approximate surface area is 219 Å². The SMILES string of the molecule is CCCCCCCCCPCC(C)CCC.Fc1c(F)c(F)c(-c2c(F)c(F)c(F)c(F)c2F)c(F)c1F. The molecule has 0 spiro atoms. The van der Waals surface area contributed by atoms with Crippen LogP contribution in [0.3, 0.4) is 0 Å². The predicted octanol–water partition coefficient (Wildman–Crippen LogP) is 10.6.